The fraction of sp³-hybridized carbons (Fsp3) is 0.632. The summed E-state index contributed by atoms with van der Waals surface area (Å²) in [6, 6.07) is 3.99. The lowest BCUT2D eigenvalue weighted by molar-refractivity contribution is 0.0951. The van der Waals surface area contributed by atoms with Gasteiger partial charge in [0.15, 0.2) is 11.5 Å². The molecule has 4 atom stereocenters. The fourth-order valence-electron chi connectivity index (χ4n) is 5.56. The van der Waals surface area contributed by atoms with E-state index in [1.54, 1.807) is 7.11 Å². The van der Waals surface area contributed by atoms with Crippen LogP contribution in [0.25, 0.3) is 0 Å². The van der Waals surface area contributed by atoms with Crippen molar-refractivity contribution in [3.63, 3.8) is 0 Å². The van der Waals surface area contributed by atoms with Crippen molar-refractivity contribution in [2.45, 2.75) is 51.4 Å². The second-order valence-electron chi connectivity index (χ2n) is 7.61. The number of aromatic hydroxyl groups is 1. The largest absolute Gasteiger partial charge is 0.504 e. The summed E-state index contributed by atoms with van der Waals surface area (Å²) in [5.41, 5.74) is 3.84. The maximum atomic E-state index is 10.0. The van der Waals surface area contributed by atoms with E-state index in [1.165, 1.54) is 30.4 Å². The molecule has 2 fully saturated rings. The number of fused-ring (bicyclic) bond motifs is 5. The molecule has 3 aliphatic carbocycles. The van der Waals surface area contributed by atoms with Gasteiger partial charge in [-0.25, -0.2) is 0 Å². The van der Waals surface area contributed by atoms with Gasteiger partial charge in [-0.05, 0) is 79.5 Å². The molecule has 2 N–H and O–H groups in total. The van der Waals surface area contributed by atoms with Gasteiger partial charge in [-0.15, -0.1) is 0 Å². The summed E-state index contributed by atoms with van der Waals surface area (Å²) in [7, 11) is 1.62. The minimum Gasteiger partial charge on any atom is -0.504 e. The molecule has 0 radical (unpaired) electrons. The van der Waals surface area contributed by atoms with Crippen LogP contribution in [0.15, 0.2) is 12.1 Å². The Morgan fingerprint density at radius 2 is 2.05 bits per heavy atom. The number of benzene rings is 1. The molecule has 3 heteroatoms. The number of phenolic OH excluding ortho intramolecular Hbond substituents is 1. The minimum atomic E-state index is 0.152. The van der Waals surface area contributed by atoms with Gasteiger partial charge in [0.1, 0.15) is 0 Å². The van der Waals surface area contributed by atoms with Crippen molar-refractivity contribution in [1.29, 1.82) is 5.41 Å². The second-order valence-corrected chi connectivity index (χ2v) is 7.61. The topological polar surface area (TPSA) is 53.3 Å². The lowest BCUT2D eigenvalue weighted by atomic mass is 9.55. The van der Waals surface area contributed by atoms with Crippen molar-refractivity contribution in [2.24, 2.45) is 17.3 Å². The third-order valence-corrected chi connectivity index (χ3v) is 6.81. The van der Waals surface area contributed by atoms with Crippen LogP contribution in [0.3, 0.4) is 0 Å². The second kappa shape index (κ2) is 4.74. The molecule has 3 unspecified atom stereocenters. The molecule has 3 nitrogen and oxygen atoms in total. The number of aryl methyl sites for hydroxylation is 1. The van der Waals surface area contributed by atoms with E-state index in [9.17, 15) is 5.11 Å². The molecule has 0 bridgehead atoms. The third kappa shape index (κ3) is 1.77. The van der Waals surface area contributed by atoms with Crippen molar-refractivity contribution in [1.82, 2.24) is 0 Å². The molecule has 2 saturated carbocycles. The van der Waals surface area contributed by atoms with E-state index in [2.05, 4.69) is 13.0 Å². The first-order valence-corrected chi connectivity index (χ1v) is 8.52. The Balaban J connectivity index is 1.74. The van der Waals surface area contributed by atoms with Crippen LogP contribution in [-0.4, -0.2) is 17.9 Å². The van der Waals surface area contributed by atoms with Gasteiger partial charge in [-0.1, -0.05) is 6.92 Å². The number of ether oxygens (including phenoxy) is 1. The Morgan fingerprint density at radius 3 is 2.82 bits per heavy atom. The summed E-state index contributed by atoms with van der Waals surface area (Å²) >= 11 is 0. The molecule has 0 aromatic heterocycles. The van der Waals surface area contributed by atoms with E-state index in [1.807, 2.05) is 6.07 Å². The van der Waals surface area contributed by atoms with Gasteiger partial charge < -0.3 is 15.3 Å². The Bertz CT molecular complexity index is 639. The molecule has 118 valence electrons. The van der Waals surface area contributed by atoms with E-state index < -0.39 is 0 Å². The average Bonchev–Trinajstić information content (AvgIpc) is 2.82. The first kappa shape index (κ1) is 14.1. The maximum Gasteiger partial charge on any atom is 0.160 e. The highest BCUT2D eigenvalue weighted by Gasteiger charge is 2.52. The Kier molecular flexibility index (Phi) is 3.04. The van der Waals surface area contributed by atoms with Gasteiger partial charge in [0.05, 0.1) is 7.11 Å². The summed E-state index contributed by atoms with van der Waals surface area (Å²) in [6.07, 6.45) is 6.75. The predicted octanol–water partition coefficient (Wildman–Crippen LogP) is 4.28. The number of phenols is 1. The van der Waals surface area contributed by atoms with Crippen LogP contribution in [-0.2, 0) is 6.42 Å². The van der Waals surface area contributed by atoms with E-state index in [-0.39, 0.29) is 11.2 Å². The smallest absolute Gasteiger partial charge is 0.160 e. The molecule has 1 aromatic rings. The van der Waals surface area contributed by atoms with Gasteiger partial charge in [0.2, 0.25) is 0 Å². The zero-order chi connectivity index (χ0) is 15.5. The third-order valence-electron chi connectivity index (χ3n) is 6.81. The summed E-state index contributed by atoms with van der Waals surface area (Å²) in [4.78, 5) is 0. The quantitative estimate of drug-likeness (QED) is 0.813. The summed E-state index contributed by atoms with van der Waals surface area (Å²) in [5, 5.41) is 18.4. The molecule has 4 rings (SSSR count). The van der Waals surface area contributed by atoms with Crippen LogP contribution in [0.4, 0.5) is 0 Å². The van der Waals surface area contributed by atoms with E-state index in [4.69, 9.17) is 10.1 Å². The Labute approximate surface area is 132 Å². The van der Waals surface area contributed by atoms with Gasteiger partial charge >= 0.3 is 0 Å². The highest BCUT2D eigenvalue weighted by molar-refractivity contribution is 5.89. The maximum absolute atomic E-state index is 10.0. The van der Waals surface area contributed by atoms with Crippen LogP contribution in [0, 0.1) is 22.7 Å². The number of hydrogen-bond donors (Lipinski definition) is 2. The number of hydrogen-bond acceptors (Lipinski definition) is 3. The molecule has 0 amide bonds. The lowest BCUT2D eigenvalue weighted by Gasteiger charge is -2.49. The number of nitrogens with one attached hydrogen (secondary N) is 1. The molecule has 3 aliphatic rings. The van der Waals surface area contributed by atoms with Crippen LogP contribution >= 0.6 is 0 Å². The SMILES string of the molecule is COc1cc2c(cc1O)CCC1C2CC[C@]2(C)C(=N)CCC12. The Morgan fingerprint density at radius 1 is 1.23 bits per heavy atom. The van der Waals surface area contributed by atoms with E-state index in [0.29, 0.717) is 23.5 Å². The minimum absolute atomic E-state index is 0.152. The summed E-state index contributed by atoms with van der Waals surface area (Å²) < 4.78 is 5.33. The molecule has 0 spiro atoms. The van der Waals surface area contributed by atoms with Gasteiger partial charge in [0.25, 0.3) is 0 Å². The van der Waals surface area contributed by atoms with Crippen molar-refractivity contribution in [2.75, 3.05) is 7.11 Å². The summed E-state index contributed by atoms with van der Waals surface area (Å²) in [5.74, 6) is 2.83. The fourth-order valence-corrected chi connectivity index (χ4v) is 5.56. The zero-order valence-electron chi connectivity index (χ0n) is 13.5. The lowest BCUT2D eigenvalue weighted by Crippen LogP contribution is -2.42. The molecule has 0 heterocycles. The van der Waals surface area contributed by atoms with Crippen molar-refractivity contribution in [3.8, 4) is 11.5 Å². The monoisotopic (exact) mass is 299 g/mol. The van der Waals surface area contributed by atoms with Gasteiger partial charge in [-0.3, -0.25) is 0 Å². The van der Waals surface area contributed by atoms with Gasteiger partial charge in [0, 0.05) is 11.1 Å². The van der Waals surface area contributed by atoms with Crippen molar-refractivity contribution >= 4 is 5.71 Å². The molecule has 22 heavy (non-hydrogen) atoms. The predicted molar refractivity (Wildman–Crippen MR) is 87.0 cm³/mol. The van der Waals surface area contributed by atoms with Crippen LogP contribution in [0.1, 0.15) is 56.1 Å². The normalized spacial score (nSPS) is 36.5. The molecule has 0 saturated heterocycles. The van der Waals surface area contributed by atoms with Crippen LogP contribution < -0.4 is 4.74 Å². The molecular formula is C19H25NO2. The van der Waals surface area contributed by atoms with E-state index >= 15 is 0 Å². The Hall–Kier alpha value is -1.51. The van der Waals surface area contributed by atoms with Crippen LogP contribution in [0.5, 0.6) is 11.5 Å². The standard InChI is InChI=1S/C19H25NO2/c1-19-8-7-12-13(15(19)5-6-18(19)20)4-3-11-9-16(21)17(22-2)10-14(11)12/h9-10,12-13,15,20-21H,3-8H2,1-2H3/t12?,13?,15?,19-/m0/s1. The van der Waals surface area contributed by atoms with Crippen LogP contribution in [0.2, 0.25) is 0 Å². The molecule has 1 aromatic carbocycles. The van der Waals surface area contributed by atoms with E-state index in [0.717, 1.165) is 25.0 Å². The number of methoxy groups -OCH3 is 1. The highest BCUT2D eigenvalue weighted by Crippen LogP contribution is 2.60. The first-order valence-electron chi connectivity index (χ1n) is 8.52. The average molecular weight is 299 g/mol. The summed E-state index contributed by atoms with van der Waals surface area (Å²) in [6.45, 7) is 2.33. The van der Waals surface area contributed by atoms with Gasteiger partial charge in [-0.2, -0.15) is 0 Å². The zero-order valence-corrected chi connectivity index (χ0v) is 13.5. The van der Waals surface area contributed by atoms with Crippen molar-refractivity contribution in [3.05, 3.63) is 23.3 Å². The molecular weight excluding hydrogens is 274 g/mol. The van der Waals surface area contributed by atoms with Crippen molar-refractivity contribution < 1.29 is 9.84 Å². The number of rotatable bonds is 1. The highest BCUT2D eigenvalue weighted by atomic mass is 16.5. The first-order chi connectivity index (χ1) is 10.5. The molecule has 0 aliphatic heterocycles.